The van der Waals surface area contributed by atoms with Crippen molar-refractivity contribution in [2.75, 3.05) is 0 Å². The van der Waals surface area contributed by atoms with Crippen LogP contribution in [0.5, 0.6) is 0 Å². The van der Waals surface area contributed by atoms with Gasteiger partial charge in [-0.2, -0.15) is 5.10 Å². The van der Waals surface area contributed by atoms with Crippen LogP contribution in [-0.4, -0.2) is 19.3 Å². The third kappa shape index (κ3) is 2.14. The number of hydrogen-bond donors (Lipinski definition) is 0. The van der Waals surface area contributed by atoms with Crippen LogP contribution in [0.4, 0.5) is 0 Å². The first kappa shape index (κ1) is 13.4. The lowest BCUT2D eigenvalue weighted by Crippen LogP contribution is -2.08. The molecule has 0 aromatic carbocycles. The summed E-state index contributed by atoms with van der Waals surface area (Å²) in [6.45, 7) is 7.24. The van der Waals surface area contributed by atoms with Crippen molar-refractivity contribution < 1.29 is 0 Å². The zero-order chi connectivity index (χ0) is 13.3. The topological polar surface area (TPSA) is 35.6 Å². The first-order valence-corrected chi connectivity index (χ1v) is 7.09. The molecule has 2 aromatic rings. The smallest absolute Gasteiger partial charge is 0.158 e. The largest absolute Gasteiger partial charge is 0.312 e. The first-order valence-electron chi connectivity index (χ1n) is 6.66. The van der Waals surface area contributed by atoms with Gasteiger partial charge < -0.3 is 4.57 Å². The van der Waals surface area contributed by atoms with E-state index >= 15 is 0 Å². The molecule has 0 N–H and O–H groups in total. The molecule has 0 saturated carbocycles. The molecular formula is C13H21ClN4. The molecule has 18 heavy (non-hydrogen) atoms. The summed E-state index contributed by atoms with van der Waals surface area (Å²) in [5.74, 6) is 0.961. The molecule has 100 valence electrons. The number of rotatable bonds is 5. The van der Waals surface area contributed by atoms with Crippen molar-refractivity contribution in [3.05, 3.63) is 11.5 Å². The fourth-order valence-corrected chi connectivity index (χ4v) is 2.50. The standard InChI is InChI=1S/C13H21ClN4/c1-5-7-8-18-12(9(3)14)15-11-10(6-2)16-17(4)13(11)18/h9H,5-8H2,1-4H3. The number of aryl methyl sites for hydroxylation is 3. The van der Waals surface area contributed by atoms with Crippen LogP contribution < -0.4 is 0 Å². The van der Waals surface area contributed by atoms with E-state index in [4.69, 9.17) is 16.6 Å². The lowest BCUT2D eigenvalue weighted by molar-refractivity contribution is 0.596. The number of imidazole rings is 1. The first-order chi connectivity index (χ1) is 8.60. The van der Waals surface area contributed by atoms with Gasteiger partial charge >= 0.3 is 0 Å². The van der Waals surface area contributed by atoms with Crippen LogP contribution in [0.1, 0.15) is 50.5 Å². The van der Waals surface area contributed by atoms with E-state index in [0.717, 1.165) is 48.5 Å². The molecule has 0 radical (unpaired) electrons. The van der Waals surface area contributed by atoms with E-state index < -0.39 is 0 Å². The van der Waals surface area contributed by atoms with Crippen molar-refractivity contribution >= 4 is 22.8 Å². The molecule has 2 heterocycles. The minimum Gasteiger partial charge on any atom is -0.312 e. The number of unbranched alkanes of at least 4 members (excludes halogenated alkanes) is 1. The highest BCUT2D eigenvalue weighted by atomic mass is 35.5. The van der Waals surface area contributed by atoms with Gasteiger partial charge in [-0.25, -0.2) is 4.98 Å². The van der Waals surface area contributed by atoms with Crippen molar-refractivity contribution in [1.29, 1.82) is 0 Å². The normalized spacial score (nSPS) is 13.4. The lowest BCUT2D eigenvalue weighted by atomic mass is 10.3. The molecule has 1 atom stereocenters. The molecule has 0 saturated heterocycles. The Balaban J connectivity index is 2.61. The zero-order valence-electron chi connectivity index (χ0n) is 11.6. The third-order valence-electron chi connectivity index (χ3n) is 3.25. The van der Waals surface area contributed by atoms with Crippen LogP contribution in [-0.2, 0) is 20.0 Å². The number of fused-ring (bicyclic) bond motifs is 1. The molecule has 0 spiro atoms. The second kappa shape index (κ2) is 5.31. The molecule has 0 aliphatic heterocycles. The average Bonchev–Trinajstić information content (AvgIpc) is 2.85. The van der Waals surface area contributed by atoms with Gasteiger partial charge in [0.1, 0.15) is 11.3 Å². The highest BCUT2D eigenvalue weighted by molar-refractivity contribution is 6.20. The Hall–Kier alpha value is -1.03. The minimum absolute atomic E-state index is 0.0704. The van der Waals surface area contributed by atoms with Crippen LogP contribution in [0.25, 0.3) is 11.2 Å². The second-order valence-electron chi connectivity index (χ2n) is 4.69. The van der Waals surface area contributed by atoms with E-state index in [2.05, 4.69) is 23.5 Å². The maximum absolute atomic E-state index is 6.25. The van der Waals surface area contributed by atoms with Gasteiger partial charge in [0, 0.05) is 13.6 Å². The number of nitrogens with zero attached hydrogens (tertiary/aromatic N) is 4. The summed E-state index contributed by atoms with van der Waals surface area (Å²) >= 11 is 6.25. The highest BCUT2D eigenvalue weighted by Gasteiger charge is 2.20. The number of halogens is 1. The molecule has 0 aliphatic carbocycles. The Morgan fingerprint density at radius 3 is 2.61 bits per heavy atom. The zero-order valence-corrected chi connectivity index (χ0v) is 12.3. The van der Waals surface area contributed by atoms with E-state index in [1.165, 1.54) is 0 Å². The Morgan fingerprint density at radius 2 is 2.06 bits per heavy atom. The van der Waals surface area contributed by atoms with Gasteiger partial charge in [-0.05, 0) is 19.8 Å². The monoisotopic (exact) mass is 268 g/mol. The summed E-state index contributed by atoms with van der Waals surface area (Å²) in [6, 6.07) is 0. The molecule has 0 bridgehead atoms. The summed E-state index contributed by atoms with van der Waals surface area (Å²) in [6.07, 6.45) is 3.20. The van der Waals surface area contributed by atoms with Gasteiger partial charge in [0.05, 0.1) is 11.1 Å². The summed E-state index contributed by atoms with van der Waals surface area (Å²) < 4.78 is 4.16. The maximum atomic E-state index is 6.25. The molecule has 5 heteroatoms. The molecule has 4 nitrogen and oxygen atoms in total. The molecule has 0 aliphatic rings. The van der Waals surface area contributed by atoms with Crippen LogP contribution in [0.2, 0.25) is 0 Å². The molecule has 0 amide bonds. The highest BCUT2D eigenvalue weighted by Crippen LogP contribution is 2.26. The van der Waals surface area contributed by atoms with Crippen molar-refractivity contribution in [3.63, 3.8) is 0 Å². The van der Waals surface area contributed by atoms with Gasteiger partial charge in [-0.1, -0.05) is 20.3 Å². The van der Waals surface area contributed by atoms with Crippen LogP contribution >= 0.6 is 11.6 Å². The maximum Gasteiger partial charge on any atom is 0.158 e. The average molecular weight is 269 g/mol. The molecular weight excluding hydrogens is 248 g/mol. The summed E-state index contributed by atoms with van der Waals surface area (Å²) in [7, 11) is 1.98. The third-order valence-corrected chi connectivity index (χ3v) is 3.44. The van der Waals surface area contributed by atoms with Crippen LogP contribution in [0.3, 0.4) is 0 Å². The predicted molar refractivity (Wildman–Crippen MR) is 75.1 cm³/mol. The second-order valence-corrected chi connectivity index (χ2v) is 5.34. The van der Waals surface area contributed by atoms with Gasteiger partial charge in [-0.15, -0.1) is 11.6 Å². The predicted octanol–water partition coefficient (Wildman–Crippen LogP) is 3.43. The van der Waals surface area contributed by atoms with Crippen molar-refractivity contribution in [1.82, 2.24) is 19.3 Å². The number of alkyl halides is 1. The number of hydrogen-bond acceptors (Lipinski definition) is 2. The van der Waals surface area contributed by atoms with Gasteiger partial charge in [0.25, 0.3) is 0 Å². The summed E-state index contributed by atoms with van der Waals surface area (Å²) in [5, 5.41) is 4.46. The van der Waals surface area contributed by atoms with Crippen LogP contribution in [0.15, 0.2) is 0 Å². The number of aromatic nitrogens is 4. The lowest BCUT2D eigenvalue weighted by Gasteiger charge is -2.10. The van der Waals surface area contributed by atoms with Crippen LogP contribution in [0, 0.1) is 0 Å². The van der Waals surface area contributed by atoms with E-state index in [1.807, 2.05) is 18.7 Å². The molecule has 1 unspecified atom stereocenters. The quantitative estimate of drug-likeness (QED) is 0.779. The Morgan fingerprint density at radius 1 is 1.33 bits per heavy atom. The van der Waals surface area contributed by atoms with E-state index in [-0.39, 0.29) is 5.38 Å². The van der Waals surface area contributed by atoms with Crippen molar-refractivity contribution in [3.8, 4) is 0 Å². The molecule has 2 rings (SSSR count). The summed E-state index contributed by atoms with van der Waals surface area (Å²) in [4.78, 5) is 4.70. The molecule has 2 aromatic heterocycles. The fourth-order valence-electron chi connectivity index (χ4n) is 2.34. The SMILES string of the molecule is CCCCn1c(C(C)Cl)nc2c(CC)nn(C)c21. The van der Waals surface area contributed by atoms with Gasteiger partial charge in [0.15, 0.2) is 5.65 Å². The Labute approximate surface area is 113 Å². The van der Waals surface area contributed by atoms with Crippen molar-refractivity contribution in [2.24, 2.45) is 7.05 Å². The molecule has 0 fully saturated rings. The summed E-state index contributed by atoms with van der Waals surface area (Å²) in [5.41, 5.74) is 3.17. The van der Waals surface area contributed by atoms with Crippen molar-refractivity contribution in [2.45, 2.75) is 52.0 Å². The minimum atomic E-state index is -0.0704. The fraction of sp³-hybridized carbons (Fsp3) is 0.692. The van der Waals surface area contributed by atoms with Gasteiger partial charge in [0.2, 0.25) is 0 Å². The van der Waals surface area contributed by atoms with E-state index in [0.29, 0.717) is 0 Å². The Bertz CT molecular complexity index is 539. The van der Waals surface area contributed by atoms with E-state index in [9.17, 15) is 0 Å². The van der Waals surface area contributed by atoms with Gasteiger partial charge in [-0.3, -0.25) is 4.68 Å². The van der Waals surface area contributed by atoms with E-state index in [1.54, 1.807) is 0 Å². The Kier molecular flexibility index (Phi) is 3.95.